The molecular formula is C10H14BrN3O4S. The minimum atomic E-state index is -3.89. The Morgan fingerprint density at radius 2 is 2.11 bits per heavy atom. The number of hydrogen-bond donors (Lipinski definition) is 4. The zero-order valence-electron chi connectivity index (χ0n) is 10.1. The van der Waals surface area contributed by atoms with Crippen LogP contribution in [0, 0.1) is 6.92 Å². The van der Waals surface area contributed by atoms with E-state index in [1.807, 2.05) is 0 Å². The smallest absolute Gasteiger partial charge is 0.247 e. The van der Waals surface area contributed by atoms with Gasteiger partial charge in [0.05, 0.1) is 4.90 Å². The molecule has 6 N–H and O–H groups in total. The first-order valence-corrected chi connectivity index (χ1v) is 7.45. The van der Waals surface area contributed by atoms with E-state index in [1.54, 1.807) is 13.0 Å². The summed E-state index contributed by atoms with van der Waals surface area (Å²) in [6, 6.07) is 2.96. The van der Waals surface area contributed by atoms with Gasteiger partial charge in [-0.2, -0.15) is 0 Å². The summed E-state index contributed by atoms with van der Waals surface area (Å²) < 4.78 is 26.7. The first-order valence-electron chi connectivity index (χ1n) is 5.18. The first kappa shape index (κ1) is 15.9. The molecule has 9 heteroatoms. The summed E-state index contributed by atoms with van der Waals surface area (Å²) in [5, 5.41) is 9.18. The molecule has 0 aliphatic heterocycles. The number of primary amides is 1. The van der Waals surface area contributed by atoms with Gasteiger partial charge in [0.1, 0.15) is 6.10 Å². The van der Waals surface area contributed by atoms with Crippen molar-refractivity contribution in [3.8, 4) is 0 Å². The van der Waals surface area contributed by atoms with Crippen molar-refractivity contribution in [2.24, 2.45) is 5.73 Å². The Kier molecular flexibility index (Phi) is 4.91. The number of nitrogen functional groups attached to an aromatic ring is 1. The summed E-state index contributed by atoms with van der Waals surface area (Å²) in [4.78, 5) is 10.6. The number of carbonyl (C=O) groups is 1. The van der Waals surface area contributed by atoms with Gasteiger partial charge < -0.3 is 16.6 Å². The predicted molar refractivity (Wildman–Crippen MR) is 73.7 cm³/mol. The molecular weight excluding hydrogens is 338 g/mol. The molecule has 1 aromatic carbocycles. The van der Waals surface area contributed by atoms with Crippen LogP contribution < -0.4 is 16.2 Å². The predicted octanol–water partition coefficient (Wildman–Crippen LogP) is -0.536. The number of aliphatic hydroxyl groups excluding tert-OH is 1. The zero-order chi connectivity index (χ0) is 14.8. The number of anilines is 1. The van der Waals surface area contributed by atoms with E-state index in [0.29, 0.717) is 15.7 Å². The largest absolute Gasteiger partial charge is 0.398 e. The van der Waals surface area contributed by atoms with Crippen LogP contribution >= 0.6 is 15.9 Å². The summed E-state index contributed by atoms with van der Waals surface area (Å²) >= 11 is 3.15. The van der Waals surface area contributed by atoms with Crippen LogP contribution in [0.2, 0.25) is 0 Å². The van der Waals surface area contributed by atoms with Gasteiger partial charge >= 0.3 is 0 Å². The molecule has 0 saturated carbocycles. The maximum atomic E-state index is 12.0. The quantitative estimate of drug-likeness (QED) is 0.528. The fourth-order valence-corrected chi connectivity index (χ4v) is 3.28. The average Bonchev–Trinajstić information content (AvgIpc) is 2.30. The number of benzene rings is 1. The van der Waals surface area contributed by atoms with Crippen molar-refractivity contribution in [1.29, 1.82) is 0 Å². The van der Waals surface area contributed by atoms with Gasteiger partial charge in [-0.1, -0.05) is 15.9 Å². The Hall–Kier alpha value is -1.16. The Morgan fingerprint density at radius 3 is 2.63 bits per heavy atom. The van der Waals surface area contributed by atoms with Crippen LogP contribution in [-0.4, -0.2) is 32.1 Å². The number of rotatable bonds is 5. The van der Waals surface area contributed by atoms with Crippen LogP contribution in [0.3, 0.4) is 0 Å². The van der Waals surface area contributed by atoms with Gasteiger partial charge in [0, 0.05) is 16.7 Å². The third-order valence-electron chi connectivity index (χ3n) is 2.45. The van der Waals surface area contributed by atoms with E-state index >= 15 is 0 Å². The molecule has 106 valence electrons. The van der Waals surface area contributed by atoms with Crippen molar-refractivity contribution in [2.75, 3.05) is 12.3 Å². The lowest BCUT2D eigenvalue weighted by Gasteiger charge is -2.13. The van der Waals surface area contributed by atoms with Crippen molar-refractivity contribution < 1.29 is 18.3 Å². The summed E-state index contributed by atoms with van der Waals surface area (Å²) in [7, 11) is -3.89. The molecule has 0 aliphatic rings. The number of nitrogens with one attached hydrogen (secondary N) is 1. The van der Waals surface area contributed by atoms with E-state index in [0.717, 1.165) is 0 Å². The normalized spacial score (nSPS) is 13.2. The lowest BCUT2D eigenvalue weighted by atomic mass is 10.2. The molecule has 1 aromatic rings. The van der Waals surface area contributed by atoms with Gasteiger partial charge in [-0.05, 0) is 24.6 Å². The molecule has 19 heavy (non-hydrogen) atoms. The highest BCUT2D eigenvalue weighted by molar-refractivity contribution is 9.10. The van der Waals surface area contributed by atoms with E-state index < -0.39 is 28.6 Å². The third kappa shape index (κ3) is 3.90. The first-order chi connectivity index (χ1) is 8.65. The Balaban J connectivity index is 3.05. The lowest BCUT2D eigenvalue weighted by molar-refractivity contribution is -0.125. The van der Waals surface area contributed by atoms with Crippen molar-refractivity contribution >= 4 is 37.5 Å². The fraction of sp³-hybridized carbons (Fsp3) is 0.300. The van der Waals surface area contributed by atoms with E-state index in [2.05, 4.69) is 20.7 Å². The van der Waals surface area contributed by atoms with Gasteiger partial charge in [0.15, 0.2) is 0 Å². The number of halogens is 1. The number of sulfonamides is 1. The Morgan fingerprint density at radius 1 is 1.53 bits per heavy atom. The van der Waals surface area contributed by atoms with Gasteiger partial charge in [-0.15, -0.1) is 0 Å². The molecule has 7 nitrogen and oxygen atoms in total. The molecule has 0 heterocycles. The van der Waals surface area contributed by atoms with Gasteiger partial charge in [-0.25, -0.2) is 13.1 Å². The highest BCUT2D eigenvalue weighted by atomic mass is 79.9. The third-order valence-corrected chi connectivity index (χ3v) is 4.46. The lowest BCUT2D eigenvalue weighted by Crippen LogP contribution is -2.40. The molecule has 1 atom stereocenters. The monoisotopic (exact) mass is 351 g/mol. The summed E-state index contributed by atoms with van der Waals surface area (Å²) in [6.45, 7) is 1.06. The number of aliphatic hydroxyl groups is 1. The molecule has 1 unspecified atom stereocenters. The molecule has 1 rings (SSSR count). The van der Waals surface area contributed by atoms with Crippen molar-refractivity contribution in [3.63, 3.8) is 0 Å². The number of amides is 1. The van der Waals surface area contributed by atoms with Gasteiger partial charge in [-0.3, -0.25) is 4.79 Å². The van der Waals surface area contributed by atoms with E-state index in [4.69, 9.17) is 11.5 Å². The summed E-state index contributed by atoms with van der Waals surface area (Å²) in [5.74, 6) is -1.01. The Labute approximate surface area is 119 Å². The maximum Gasteiger partial charge on any atom is 0.247 e. The topological polar surface area (TPSA) is 136 Å². The van der Waals surface area contributed by atoms with Gasteiger partial charge in [0.25, 0.3) is 0 Å². The van der Waals surface area contributed by atoms with Crippen molar-refractivity contribution in [1.82, 2.24) is 4.72 Å². The molecule has 0 radical (unpaired) electrons. The van der Waals surface area contributed by atoms with Crippen LogP contribution in [0.1, 0.15) is 5.56 Å². The van der Waals surface area contributed by atoms with Crippen molar-refractivity contribution in [3.05, 3.63) is 22.2 Å². The molecule has 0 aromatic heterocycles. The second-order valence-corrected chi connectivity index (χ2v) is 6.54. The highest BCUT2D eigenvalue weighted by Crippen LogP contribution is 2.26. The summed E-state index contributed by atoms with van der Waals surface area (Å²) in [6.07, 6.45) is -1.58. The summed E-state index contributed by atoms with van der Waals surface area (Å²) in [5.41, 5.74) is 11.2. The van der Waals surface area contributed by atoms with Crippen LogP contribution in [0.25, 0.3) is 0 Å². The highest BCUT2D eigenvalue weighted by Gasteiger charge is 2.21. The molecule has 0 aliphatic carbocycles. The molecule has 0 fully saturated rings. The standard InChI is InChI=1S/C10H14BrN3O4S/c1-5-7(12)2-6(11)3-9(5)19(17,18)14-4-8(15)10(13)16/h2-3,8,14-15H,4,12H2,1H3,(H2,13,16). The molecule has 1 amide bonds. The van der Waals surface area contributed by atoms with Gasteiger partial charge in [0.2, 0.25) is 15.9 Å². The minimum Gasteiger partial charge on any atom is -0.398 e. The minimum absolute atomic E-state index is 0.0314. The van der Waals surface area contributed by atoms with E-state index in [9.17, 15) is 18.3 Å². The van der Waals surface area contributed by atoms with E-state index in [1.165, 1.54) is 6.07 Å². The van der Waals surface area contributed by atoms with Crippen LogP contribution in [0.4, 0.5) is 5.69 Å². The zero-order valence-corrected chi connectivity index (χ0v) is 12.5. The number of nitrogens with two attached hydrogens (primary N) is 2. The fourth-order valence-electron chi connectivity index (χ4n) is 1.32. The SMILES string of the molecule is Cc1c(N)cc(Br)cc1S(=O)(=O)NCC(O)C(N)=O. The van der Waals surface area contributed by atoms with Crippen LogP contribution in [-0.2, 0) is 14.8 Å². The number of hydrogen-bond acceptors (Lipinski definition) is 5. The van der Waals surface area contributed by atoms with E-state index in [-0.39, 0.29) is 4.90 Å². The van der Waals surface area contributed by atoms with Crippen LogP contribution in [0.15, 0.2) is 21.5 Å². The second kappa shape index (κ2) is 5.87. The molecule has 0 bridgehead atoms. The second-order valence-electron chi connectivity index (χ2n) is 3.89. The molecule has 0 saturated heterocycles. The van der Waals surface area contributed by atoms with Crippen molar-refractivity contribution in [2.45, 2.75) is 17.9 Å². The number of carbonyl (C=O) groups excluding carboxylic acids is 1. The average molecular weight is 352 g/mol. The maximum absolute atomic E-state index is 12.0. The molecule has 0 spiro atoms. The van der Waals surface area contributed by atoms with Crippen LogP contribution in [0.5, 0.6) is 0 Å². The Bertz CT molecular complexity index is 603.